The van der Waals surface area contributed by atoms with E-state index in [-0.39, 0.29) is 5.83 Å². The molecule has 0 aromatic carbocycles. The lowest BCUT2D eigenvalue weighted by Crippen LogP contribution is -1.98. The van der Waals surface area contributed by atoms with Crippen molar-refractivity contribution in [3.63, 3.8) is 0 Å². The molecule has 102 valence electrons. The molecule has 0 saturated heterocycles. The summed E-state index contributed by atoms with van der Waals surface area (Å²) in [4.78, 5) is 4.00. The molecule has 0 bridgehead atoms. The second kappa shape index (κ2) is 10.5. The zero-order chi connectivity index (χ0) is 14.7. The summed E-state index contributed by atoms with van der Waals surface area (Å²) in [6.07, 6.45) is 2.97. The second-order valence-corrected chi connectivity index (χ2v) is 2.94. The Labute approximate surface area is 110 Å². The first-order valence-electron chi connectivity index (χ1n) is 6.32. The lowest BCUT2D eigenvalue weighted by atomic mass is 10.1. The quantitative estimate of drug-likeness (QED) is 0.804. The van der Waals surface area contributed by atoms with Crippen LogP contribution >= 0.6 is 0 Å². The first-order valence-corrected chi connectivity index (χ1v) is 6.32. The third-order valence-electron chi connectivity index (χ3n) is 1.96. The SMILES string of the molecule is C=Cc1cc(N)nc(C)c1/C(F)=C\C.CC.CC. The molecule has 3 heteroatoms. The highest BCUT2D eigenvalue weighted by Crippen LogP contribution is 2.25. The standard InChI is InChI=1S/C11H13FN2.2C2H6/c1-4-8-6-10(13)14-7(3)11(8)9(12)5-2;2*1-2/h4-6H,1H2,2-3H3,(H2,13,14);2*1-2H3/b9-5+;;. The number of aryl methyl sites for hydroxylation is 1. The van der Waals surface area contributed by atoms with E-state index >= 15 is 0 Å². The Bertz CT molecular complexity index is 396. The Morgan fingerprint density at radius 1 is 1.33 bits per heavy atom. The molecular weight excluding hydrogens is 227 g/mol. The van der Waals surface area contributed by atoms with Gasteiger partial charge in [-0.25, -0.2) is 9.37 Å². The molecule has 0 spiro atoms. The number of nitrogen functional groups attached to an aromatic ring is 1. The van der Waals surface area contributed by atoms with Gasteiger partial charge in [0.2, 0.25) is 0 Å². The predicted molar refractivity (Wildman–Crippen MR) is 80.9 cm³/mol. The lowest BCUT2D eigenvalue weighted by molar-refractivity contribution is 0.755. The minimum absolute atomic E-state index is 0.301. The molecule has 18 heavy (non-hydrogen) atoms. The van der Waals surface area contributed by atoms with Crippen LogP contribution in [0.25, 0.3) is 11.9 Å². The van der Waals surface area contributed by atoms with Crippen LogP contribution in [0.15, 0.2) is 18.7 Å². The Hall–Kier alpha value is -1.64. The highest BCUT2D eigenvalue weighted by atomic mass is 19.1. The number of allylic oxidation sites excluding steroid dienone is 1. The molecule has 1 heterocycles. The van der Waals surface area contributed by atoms with E-state index in [9.17, 15) is 4.39 Å². The normalized spacial score (nSPS) is 9.61. The molecule has 0 aliphatic heterocycles. The minimum atomic E-state index is -0.301. The van der Waals surface area contributed by atoms with Gasteiger partial charge in [0.1, 0.15) is 11.6 Å². The number of halogens is 1. The van der Waals surface area contributed by atoms with Gasteiger partial charge >= 0.3 is 0 Å². The smallest absolute Gasteiger partial charge is 0.128 e. The zero-order valence-corrected chi connectivity index (χ0v) is 12.3. The summed E-state index contributed by atoms with van der Waals surface area (Å²) in [7, 11) is 0. The van der Waals surface area contributed by atoms with Gasteiger partial charge in [-0.2, -0.15) is 0 Å². The fourth-order valence-electron chi connectivity index (χ4n) is 1.34. The van der Waals surface area contributed by atoms with Gasteiger partial charge in [0.25, 0.3) is 0 Å². The van der Waals surface area contributed by atoms with Crippen molar-refractivity contribution in [1.29, 1.82) is 0 Å². The fourth-order valence-corrected chi connectivity index (χ4v) is 1.34. The van der Waals surface area contributed by atoms with Gasteiger partial charge in [-0.3, -0.25) is 0 Å². The van der Waals surface area contributed by atoms with Crippen molar-refractivity contribution in [1.82, 2.24) is 4.98 Å². The highest BCUT2D eigenvalue weighted by Gasteiger charge is 2.10. The number of nitrogens with two attached hydrogens (primary N) is 1. The molecule has 0 saturated carbocycles. The van der Waals surface area contributed by atoms with Gasteiger partial charge in [0.05, 0.1) is 5.69 Å². The van der Waals surface area contributed by atoms with E-state index in [2.05, 4.69) is 11.6 Å². The van der Waals surface area contributed by atoms with Gasteiger partial charge < -0.3 is 5.73 Å². The third kappa shape index (κ3) is 5.13. The summed E-state index contributed by atoms with van der Waals surface area (Å²) in [5.74, 6) is 0.0787. The molecule has 0 atom stereocenters. The van der Waals surface area contributed by atoms with Crippen LogP contribution in [-0.4, -0.2) is 4.98 Å². The first-order chi connectivity index (χ1) is 8.60. The largest absolute Gasteiger partial charge is 0.384 e. The molecule has 1 aromatic rings. The van der Waals surface area contributed by atoms with Crippen LogP contribution in [0.4, 0.5) is 10.2 Å². The second-order valence-electron chi connectivity index (χ2n) is 2.94. The number of pyridine rings is 1. The summed E-state index contributed by atoms with van der Waals surface area (Å²) in [6.45, 7) is 15.0. The van der Waals surface area contributed by atoms with Gasteiger partial charge in [0, 0.05) is 5.56 Å². The van der Waals surface area contributed by atoms with Crippen LogP contribution in [0, 0.1) is 6.92 Å². The first kappa shape index (κ1) is 18.7. The van der Waals surface area contributed by atoms with Crippen molar-refractivity contribution in [2.45, 2.75) is 41.5 Å². The van der Waals surface area contributed by atoms with Crippen LogP contribution in [-0.2, 0) is 0 Å². The Morgan fingerprint density at radius 3 is 2.22 bits per heavy atom. The Kier molecular flexibility index (Phi) is 10.9. The molecule has 2 N–H and O–H groups in total. The van der Waals surface area contributed by atoms with Gasteiger partial charge in [-0.1, -0.05) is 46.4 Å². The number of hydrogen-bond acceptors (Lipinski definition) is 2. The predicted octanol–water partition coefficient (Wildman–Crippen LogP) is 5.00. The third-order valence-corrected chi connectivity index (χ3v) is 1.96. The van der Waals surface area contributed by atoms with Crippen LogP contribution in [0.2, 0.25) is 0 Å². The van der Waals surface area contributed by atoms with Crippen molar-refractivity contribution in [3.8, 4) is 0 Å². The van der Waals surface area contributed by atoms with Crippen molar-refractivity contribution < 1.29 is 4.39 Å². The number of hydrogen-bond donors (Lipinski definition) is 1. The fraction of sp³-hybridized carbons (Fsp3) is 0.400. The monoisotopic (exact) mass is 252 g/mol. The molecule has 1 aromatic heterocycles. The maximum Gasteiger partial charge on any atom is 0.128 e. The number of anilines is 1. The van der Waals surface area contributed by atoms with Gasteiger partial charge in [0.15, 0.2) is 0 Å². The summed E-state index contributed by atoms with van der Waals surface area (Å²) in [5.41, 5.74) is 7.26. The molecule has 0 fully saturated rings. The summed E-state index contributed by atoms with van der Waals surface area (Å²) in [6, 6.07) is 1.61. The summed E-state index contributed by atoms with van der Waals surface area (Å²) >= 11 is 0. The van der Waals surface area contributed by atoms with Crippen molar-refractivity contribution in [3.05, 3.63) is 35.5 Å². The van der Waals surface area contributed by atoms with Crippen LogP contribution in [0.5, 0.6) is 0 Å². The molecule has 0 amide bonds. The molecule has 0 aliphatic rings. The number of aromatic nitrogens is 1. The van der Waals surface area contributed by atoms with Crippen LogP contribution in [0.3, 0.4) is 0 Å². The number of nitrogens with zero attached hydrogens (tertiary/aromatic N) is 1. The minimum Gasteiger partial charge on any atom is -0.384 e. The van der Waals surface area contributed by atoms with E-state index in [4.69, 9.17) is 5.73 Å². The molecule has 2 nitrogen and oxygen atoms in total. The van der Waals surface area contributed by atoms with Crippen LogP contribution in [0.1, 0.15) is 51.4 Å². The van der Waals surface area contributed by atoms with Crippen molar-refractivity contribution in [2.75, 3.05) is 5.73 Å². The van der Waals surface area contributed by atoms with Gasteiger partial charge in [-0.05, 0) is 25.5 Å². The zero-order valence-electron chi connectivity index (χ0n) is 12.3. The number of rotatable bonds is 2. The highest BCUT2D eigenvalue weighted by molar-refractivity contribution is 5.72. The maximum absolute atomic E-state index is 13.4. The van der Waals surface area contributed by atoms with E-state index in [1.807, 2.05) is 27.7 Å². The van der Waals surface area contributed by atoms with Crippen molar-refractivity contribution in [2.24, 2.45) is 0 Å². The maximum atomic E-state index is 13.4. The average Bonchev–Trinajstić information content (AvgIpc) is 2.41. The molecule has 0 radical (unpaired) electrons. The molecule has 0 unspecified atom stereocenters. The van der Waals surface area contributed by atoms with E-state index in [0.717, 1.165) is 0 Å². The van der Waals surface area contributed by atoms with E-state index < -0.39 is 0 Å². The van der Waals surface area contributed by atoms with E-state index in [1.165, 1.54) is 6.08 Å². The topological polar surface area (TPSA) is 38.9 Å². The van der Waals surface area contributed by atoms with Crippen molar-refractivity contribution >= 4 is 17.7 Å². The molecular formula is C15H25FN2. The average molecular weight is 252 g/mol. The van der Waals surface area contributed by atoms with Crippen LogP contribution < -0.4 is 5.73 Å². The van der Waals surface area contributed by atoms with E-state index in [0.29, 0.717) is 22.6 Å². The summed E-state index contributed by atoms with van der Waals surface area (Å²) < 4.78 is 13.4. The summed E-state index contributed by atoms with van der Waals surface area (Å²) in [5, 5.41) is 0. The van der Waals surface area contributed by atoms with Gasteiger partial charge in [-0.15, -0.1) is 0 Å². The Balaban J connectivity index is 0. The lowest BCUT2D eigenvalue weighted by Gasteiger charge is -2.08. The molecule has 0 aliphatic carbocycles. The Morgan fingerprint density at radius 2 is 1.83 bits per heavy atom. The molecule has 1 rings (SSSR count). The van der Waals surface area contributed by atoms with E-state index in [1.54, 1.807) is 26.0 Å².